The molecule has 0 bridgehead atoms. The first kappa shape index (κ1) is 32.1. The van der Waals surface area contributed by atoms with Crippen LogP contribution in [0.3, 0.4) is 0 Å². The van der Waals surface area contributed by atoms with Gasteiger partial charge in [0.25, 0.3) is 0 Å². The fourth-order valence-corrected chi connectivity index (χ4v) is 5.10. The zero-order valence-corrected chi connectivity index (χ0v) is 25.4. The summed E-state index contributed by atoms with van der Waals surface area (Å²) in [5.41, 5.74) is -0.0610. The Morgan fingerprint density at radius 3 is 2.38 bits per heavy atom. The normalized spacial score (nSPS) is 27.2. The highest BCUT2D eigenvalue weighted by Gasteiger charge is 2.61. The van der Waals surface area contributed by atoms with Gasteiger partial charge in [-0.25, -0.2) is 4.79 Å². The van der Waals surface area contributed by atoms with Gasteiger partial charge in [0.1, 0.15) is 13.6 Å². The molecule has 1 aliphatic heterocycles. The molecule has 1 fully saturated rings. The molecule has 0 unspecified atom stereocenters. The maximum atomic E-state index is 13.6. The van der Waals surface area contributed by atoms with Crippen LogP contribution in [0.25, 0.3) is 0 Å². The smallest absolute Gasteiger partial charge is 0.341 e. The first-order valence-electron chi connectivity index (χ1n) is 12.9. The van der Waals surface area contributed by atoms with Crippen molar-refractivity contribution < 1.29 is 42.7 Å². The van der Waals surface area contributed by atoms with Gasteiger partial charge < -0.3 is 37.9 Å². The minimum atomic E-state index is -1.31. The molecule has 2 aliphatic rings. The van der Waals surface area contributed by atoms with Crippen molar-refractivity contribution in [2.75, 3.05) is 48.1 Å². The number of hydrogen-bond donors (Lipinski definition) is 0. The number of rotatable bonds is 14. The van der Waals surface area contributed by atoms with Crippen molar-refractivity contribution in [2.45, 2.75) is 84.1 Å². The van der Waals surface area contributed by atoms with E-state index in [9.17, 15) is 4.79 Å². The van der Waals surface area contributed by atoms with Crippen molar-refractivity contribution in [1.29, 1.82) is 0 Å². The standard InChI is InChI=1S/C27H48O9Si/c1-19(16-33-18-32-11-12-37(8,9)10)13-21-22(34-17-29-5)14-20(23(30-6)31-7)15-27(21)24(28)35-25(36-27)26(2,3)4/h13-14,21-23,25H,11-12,15-18H2,1-10H3/b19-13+/t21-,22+,25+,27+/m1/s1. The summed E-state index contributed by atoms with van der Waals surface area (Å²) in [7, 11) is 3.51. The van der Waals surface area contributed by atoms with Crippen LogP contribution in [-0.2, 0) is 42.7 Å². The molecule has 0 amide bonds. The van der Waals surface area contributed by atoms with Gasteiger partial charge in [0.15, 0.2) is 11.9 Å². The molecule has 1 heterocycles. The topological polar surface area (TPSA) is 90.9 Å². The van der Waals surface area contributed by atoms with Gasteiger partial charge in [-0.05, 0) is 18.5 Å². The Hall–Kier alpha value is -1.11. The van der Waals surface area contributed by atoms with E-state index in [2.05, 4.69) is 19.6 Å². The molecular weight excluding hydrogens is 496 g/mol. The fraction of sp³-hybridized carbons (Fsp3) is 0.815. The first-order valence-corrected chi connectivity index (χ1v) is 16.6. The van der Waals surface area contributed by atoms with Crippen molar-refractivity contribution in [2.24, 2.45) is 11.3 Å². The summed E-state index contributed by atoms with van der Waals surface area (Å²) in [5, 5.41) is 0. The fourth-order valence-electron chi connectivity index (χ4n) is 4.34. The minimum Gasteiger partial charge on any atom is -0.433 e. The van der Waals surface area contributed by atoms with Gasteiger partial charge in [0, 0.05) is 53.8 Å². The highest BCUT2D eigenvalue weighted by atomic mass is 28.3. The molecule has 0 aromatic heterocycles. The summed E-state index contributed by atoms with van der Waals surface area (Å²) in [6.45, 7) is 16.1. The van der Waals surface area contributed by atoms with E-state index in [0.717, 1.165) is 17.2 Å². The summed E-state index contributed by atoms with van der Waals surface area (Å²) in [6.07, 6.45) is 2.24. The van der Waals surface area contributed by atoms with Crippen LogP contribution in [0.1, 0.15) is 34.1 Å². The lowest BCUT2D eigenvalue weighted by Gasteiger charge is -2.41. The number of ether oxygens (including phenoxy) is 8. The lowest BCUT2D eigenvalue weighted by atomic mass is 9.72. The van der Waals surface area contributed by atoms with Gasteiger partial charge in [0.2, 0.25) is 6.29 Å². The Kier molecular flexibility index (Phi) is 12.0. The van der Waals surface area contributed by atoms with Crippen LogP contribution in [0.5, 0.6) is 0 Å². The van der Waals surface area contributed by atoms with Gasteiger partial charge in [-0.2, -0.15) is 0 Å². The van der Waals surface area contributed by atoms with Crippen molar-refractivity contribution in [3.05, 3.63) is 23.3 Å². The number of carbonyl (C=O) groups excluding carboxylic acids is 1. The zero-order valence-electron chi connectivity index (χ0n) is 24.4. The average Bonchev–Trinajstić information content (AvgIpc) is 3.13. The number of cyclic esters (lactones) is 1. The highest BCUT2D eigenvalue weighted by molar-refractivity contribution is 6.76. The van der Waals surface area contributed by atoms with Crippen LogP contribution in [-0.4, -0.2) is 86.5 Å². The van der Waals surface area contributed by atoms with E-state index in [4.69, 9.17) is 37.9 Å². The molecule has 10 heteroatoms. The van der Waals surface area contributed by atoms with Crippen LogP contribution in [0.4, 0.5) is 0 Å². The molecular formula is C27H48O9Si. The molecule has 2 rings (SSSR count). The number of esters is 1. The van der Waals surface area contributed by atoms with E-state index >= 15 is 0 Å². The molecule has 0 N–H and O–H groups in total. The largest absolute Gasteiger partial charge is 0.433 e. The van der Waals surface area contributed by atoms with Gasteiger partial charge >= 0.3 is 5.97 Å². The molecule has 0 saturated carbocycles. The van der Waals surface area contributed by atoms with E-state index in [1.165, 1.54) is 0 Å². The van der Waals surface area contributed by atoms with Crippen LogP contribution < -0.4 is 0 Å². The monoisotopic (exact) mass is 544 g/mol. The third-order valence-electron chi connectivity index (χ3n) is 6.39. The number of hydrogen-bond acceptors (Lipinski definition) is 9. The molecule has 4 atom stereocenters. The van der Waals surface area contributed by atoms with Crippen LogP contribution in [0.2, 0.25) is 25.7 Å². The molecule has 9 nitrogen and oxygen atoms in total. The molecule has 1 saturated heterocycles. The predicted molar refractivity (Wildman–Crippen MR) is 143 cm³/mol. The van der Waals surface area contributed by atoms with Gasteiger partial charge in [-0.1, -0.05) is 58.1 Å². The summed E-state index contributed by atoms with van der Waals surface area (Å²) < 4.78 is 46.0. The second-order valence-electron chi connectivity index (χ2n) is 12.1. The Bertz CT molecular complexity index is 795. The number of carbonyl (C=O) groups is 1. The van der Waals surface area contributed by atoms with Crippen LogP contribution in [0, 0.1) is 11.3 Å². The summed E-state index contributed by atoms with van der Waals surface area (Å²) >= 11 is 0. The van der Waals surface area contributed by atoms with Crippen molar-refractivity contribution >= 4 is 14.0 Å². The SMILES string of the molecule is COCO[C@H]1C=C(C(OC)OC)C[C@]2(O[C@@H](C(C)(C)C)OC2=O)[C@@H]1/C=C(\C)COCOCC[Si](C)(C)C. The Morgan fingerprint density at radius 1 is 1.16 bits per heavy atom. The molecule has 1 aliphatic carbocycles. The van der Waals surface area contributed by atoms with E-state index in [0.29, 0.717) is 13.2 Å². The third kappa shape index (κ3) is 8.96. The van der Waals surface area contributed by atoms with Crippen LogP contribution >= 0.6 is 0 Å². The summed E-state index contributed by atoms with van der Waals surface area (Å²) in [6, 6.07) is 1.08. The van der Waals surface area contributed by atoms with Crippen molar-refractivity contribution in [3.63, 3.8) is 0 Å². The molecule has 0 radical (unpaired) electrons. The number of methoxy groups -OCH3 is 3. The molecule has 0 aromatic carbocycles. The molecule has 0 aromatic rings. The Labute approximate surface area is 223 Å². The van der Waals surface area contributed by atoms with E-state index in [1.54, 1.807) is 21.3 Å². The van der Waals surface area contributed by atoms with Gasteiger partial charge in [-0.15, -0.1) is 0 Å². The second-order valence-corrected chi connectivity index (χ2v) is 17.7. The maximum absolute atomic E-state index is 13.6. The van der Waals surface area contributed by atoms with Crippen molar-refractivity contribution in [3.8, 4) is 0 Å². The Morgan fingerprint density at radius 2 is 1.84 bits per heavy atom. The predicted octanol–water partition coefficient (Wildman–Crippen LogP) is 4.50. The highest BCUT2D eigenvalue weighted by Crippen LogP contribution is 2.48. The van der Waals surface area contributed by atoms with E-state index in [1.807, 2.05) is 39.8 Å². The van der Waals surface area contributed by atoms with E-state index in [-0.39, 0.29) is 20.0 Å². The summed E-state index contributed by atoms with van der Waals surface area (Å²) in [5.74, 6) is -0.920. The molecule has 1 spiro atoms. The first-order chi connectivity index (χ1) is 17.3. The maximum Gasteiger partial charge on any atom is 0.341 e. The van der Waals surface area contributed by atoms with Crippen molar-refractivity contribution in [1.82, 2.24) is 0 Å². The summed E-state index contributed by atoms with van der Waals surface area (Å²) in [4.78, 5) is 13.6. The quantitative estimate of drug-likeness (QED) is 0.103. The average molecular weight is 545 g/mol. The molecule has 37 heavy (non-hydrogen) atoms. The van der Waals surface area contributed by atoms with Gasteiger partial charge in [0.05, 0.1) is 12.7 Å². The van der Waals surface area contributed by atoms with Crippen LogP contribution in [0.15, 0.2) is 23.3 Å². The lowest BCUT2D eigenvalue weighted by Crippen LogP contribution is -2.53. The van der Waals surface area contributed by atoms with Gasteiger partial charge in [-0.3, -0.25) is 0 Å². The minimum absolute atomic E-state index is 0.0394. The van der Waals surface area contributed by atoms with E-state index < -0.39 is 49.7 Å². The lowest BCUT2D eigenvalue weighted by molar-refractivity contribution is -0.176. The second kappa shape index (κ2) is 13.8. The Balaban J connectivity index is 2.32. The molecule has 214 valence electrons. The third-order valence-corrected chi connectivity index (χ3v) is 8.09. The zero-order chi connectivity index (χ0) is 27.9.